The Balaban J connectivity index is 1.51. The van der Waals surface area contributed by atoms with Gasteiger partial charge in [0.15, 0.2) is 11.6 Å². The molecular formula is C23H26F2N6O2. The summed E-state index contributed by atoms with van der Waals surface area (Å²) in [5.74, 6) is -1.08. The molecule has 4 rings (SSSR count). The first kappa shape index (κ1) is 22.6. The molecule has 0 saturated carbocycles. The van der Waals surface area contributed by atoms with Crippen molar-refractivity contribution in [3.8, 4) is 5.69 Å². The minimum Gasteiger partial charge on any atom is -0.447 e. The smallest absolute Gasteiger partial charge is 0.416 e. The van der Waals surface area contributed by atoms with Gasteiger partial charge in [-0.25, -0.2) is 28.4 Å². The number of aromatic nitrogens is 4. The molecule has 10 heteroatoms. The van der Waals surface area contributed by atoms with E-state index in [0.717, 1.165) is 16.8 Å². The number of carbonyl (C=O) groups excluding carboxylic acids is 1. The van der Waals surface area contributed by atoms with Gasteiger partial charge in [-0.1, -0.05) is 32.9 Å². The van der Waals surface area contributed by atoms with Crippen LogP contribution in [-0.2, 0) is 10.2 Å². The molecule has 1 amide bonds. The van der Waals surface area contributed by atoms with Crippen LogP contribution in [0.15, 0.2) is 43.0 Å². The summed E-state index contributed by atoms with van der Waals surface area (Å²) in [5, 5.41) is 3.05. The molecule has 1 aromatic carbocycles. The summed E-state index contributed by atoms with van der Waals surface area (Å²) >= 11 is 0. The van der Waals surface area contributed by atoms with Crippen LogP contribution in [-0.4, -0.2) is 44.9 Å². The third-order valence-corrected chi connectivity index (χ3v) is 5.52. The topological polar surface area (TPSA) is 85.2 Å². The summed E-state index contributed by atoms with van der Waals surface area (Å²) in [4.78, 5) is 25.3. The Labute approximate surface area is 190 Å². The Morgan fingerprint density at radius 3 is 2.64 bits per heavy atom. The van der Waals surface area contributed by atoms with Crippen LogP contribution in [0.1, 0.15) is 45.0 Å². The summed E-state index contributed by atoms with van der Waals surface area (Å²) in [5.41, 5.74) is 3.00. The second-order valence-electron chi connectivity index (χ2n) is 8.99. The van der Waals surface area contributed by atoms with Crippen molar-refractivity contribution in [2.24, 2.45) is 0 Å². The molecule has 2 atom stereocenters. The van der Waals surface area contributed by atoms with Crippen LogP contribution in [0.5, 0.6) is 0 Å². The maximum Gasteiger partial charge on any atom is 0.416 e. The van der Waals surface area contributed by atoms with Crippen molar-refractivity contribution in [3.63, 3.8) is 0 Å². The van der Waals surface area contributed by atoms with Crippen molar-refractivity contribution in [1.29, 1.82) is 0 Å². The zero-order valence-electron chi connectivity index (χ0n) is 18.9. The van der Waals surface area contributed by atoms with Gasteiger partial charge in [-0.2, -0.15) is 4.98 Å². The fourth-order valence-electron chi connectivity index (χ4n) is 3.53. The van der Waals surface area contributed by atoms with Gasteiger partial charge in [0.05, 0.1) is 24.3 Å². The average molecular weight is 456 g/mol. The molecule has 0 radical (unpaired) electrons. The van der Waals surface area contributed by atoms with Crippen LogP contribution in [0.3, 0.4) is 0 Å². The number of anilines is 2. The van der Waals surface area contributed by atoms with E-state index in [1.807, 2.05) is 29.8 Å². The van der Waals surface area contributed by atoms with E-state index in [1.54, 1.807) is 6.33 Å². The number of carbonyl (C=O) groups is 1. The first-order chi connectivity index (χ1) is 15.7. The molecule has 1 fully saturated rings. The van der Waals surface area contributed by atoms with Crippen molar-refractivity contribution >= 4 is 17.9 Å². The van der Waals surface area contributed by atoms with Gasteiger partial charge in [0.1, 0.15) is 19.3 Å². The summed E-state index contributed by atoms with van der Waals surface area (Å²) in [6.45, 7) is 7.32. The van der Waals surface area contributed by atoms with E-state index in [2.05, 4.69) is 53.2 Å². The number of halogens is 2. The standard InChI is InChI=1S/C23H26F2N6O2/c1-14(19-11-30(13-27-19)16-7-5-15(6-8-16)23(2,3)4)28-21-26-10-18(25)20(29-21)31-17(9-24)12-33-22(31)32/h5-8,10-11,13-14,17H,9,12H2,1-4H3,(H,26,28,29)/t14-,17-/m0/s1. The Morgan fingerprint density at radius 1 is 1.24 bits per heavy atom. The molecule has 0 aliphatic carbocycles. The third-order valence-electron chi connectivity index (χ3n) is 5.52. The molecule has 1 aliphatic rings. The van der Waals surface area contributed by atoms with E-state index in [0.29, 0.717) is 5.69 Å². The van der Waals surface area contributed by atoms with Gasteiger partial charge in [0.2, 0.25) is 5.95 Å². The van der Waals surface area contributed by atoms with Crippen molar-refractivity contribution in [2.45, 2.75) is 45.2 Å². The molecule has 1 aliphatic heterocycles. The van der Waals surface area contributed by atoms with Gasteiger partial charge >= 0.3 is 6.09 Å². The SMILES string of the molecule is C[C@H](Nc1ncc(F)c(N2C(=O)OC[C@@H]2CF)n1)c1cn(-c2ccc(C(C)(C)C)cc2)cn1. The molecule has 3 aromatic rings. The summed E-state index contributed by atoms with van der Waals surface area (Å²) < 4.78 is 34.3. The monoisotopic (exact) mass is 456 g/mol. The summed E-state index contributed by atoms with van der Waals surface area (Å²) in [6.07, 6.45) is 3.69. The first-order valence-corrected chi connectivity index (χ1v) is 10.6. The number of cyclic esters (lactones) is 1. The molecule has 3 heterocycles. The number of nitrogens with zero attached hydrogens (tertiary/aromatic N) is 5. The average Bonchev–Trinajstić information content (AvgIpc) is 3.41. The molecule has 0 unspecified atom stereocenters. The molecule has 33 heavy (non-hydrogen) atoms. The van der Waals surface area contributed by atoms with Crippen molar-refractivity contribution in [2.75, 3.05) is 23.5 Å². The quantitative estimate of drug-likeness (QED) is 0.585. The fraction of sp³-hybridized carbons (Fsp3) is 0.391. The highest BCUT2D eigenvalue weighted by molar-refractivity contribution is 5.89. The van der Waals surface area contributed by atoms with Crippen LogP contribution in [0.25, 0.3) is 5.69 Å². The van der Waals surface area contributed by atoms with Gasteiger partial charge < -0.3 is 14.6 Å². The third kappa shape index (κ3) is 4.64. The van der Waals surface area contributed by atoms with Crippen LogP contribution in [0.2, 0.25) is 0 Å². The van der Waals surface area contributed by atoms with Gasteiger partial charge in [-0.05, 0) is 30.0 Å². The van der Waals surface area contributed by atoms with Gasteiger partial charge in [-0.15, -0.1) is 0 Å². The lowest BCUT2D eigenvalue weighted by molar-refractivity contribution is 0.177. The zero-order chi connectivity index (χ0) is 23.8. The summed E-state index contributed by atoms with van der Waals surface area (Å²) in [7, 11) is 0. The van der Waals surface area contributed by atoms with Crippen LogP contribution >= 0.6 is 0 Å². The highest BCUT2D eigenvalue weighted by Crippen LogP contribution is 2.27. The normalized spacial score (nSPS) is 17.2. The predicted molar refractivity (Wildman–Crippen MR) is 120 cm³/mol. The molecule has 1 N–H and O–H groups in total. The maximum atomic E-state index is 14.3. The number of amides is 1. The summed E-state index contributed by atoms with van der Waals surface area (Å²) in [6, 6.07) is 7.02. The lowest BCUT2D eigenvalue weighted by Gasteiger charge is -2.19. The molecule has 8 nitrogen and oxygen atoms in total. The van der Waals surface area contributed by atoms with Gasteiger partial charge in [-0.3, -0.25) is 0 Å². The number of rotatable bonds is 6. The van der Waals surface area contributed by atoms with Crippen molar-refractivity contribution in [1.82, 2.24) is 19.5 Å². The van der Waals surface area contributed by atoms with Crippen molar-refractivity contribution in [3.05, 3.63) is 60.1 Å². The lowest BCUT2D eigenvalue weighted by Crippen LogP contribution is -2.36. The number of hydrogen-bond acceptors (Lipinski definition) is 6. The Morgan fingerprint density at radius 2 is 1.97 bits per heavy atom. The Kier molecular flexibility index (Phi) is 6.01. The zero-order valence-corrected chi connectivity index (χ0v) is 18.9. The molecule has 0 bridgehead atoms. The van der Waals surface area contributed by atoms with Crippen molar-refractivity contribution < 1.29 is 18.3 Å². The minimum absolute atomic E-state index is 0.0705. The van der Waals surface area contributed by atoms with Crippen LogP contribution in [0, 0.1) is 5.82 Å². The fourth-order valence-corrected chi connectivity index (χ4v) is 3.53. The second kappa shape index (κ2) is 8.76. The van der Waals surface area contributed by atoms with E-state index in [9.17, 15) is 13.6 Å². The maximum absolute atomic E-state index is 14.3. The van der Waals surface area contributed by atoms with E-state index in [4.69, 9.17) is 4.74 Å². The molecule has 0 spiro atoms. The predicted octanol–water partition coefficient (Wildman–Crippen LogP) is 4.57. The second-order valence-corrected chi connectivity index (χ2v) is 8.99. The lowest BCUT2D eigenvalue weighted by atomic mass is 9.87. The molecule has 174 valence electrons. The first-order valence-electron chi connectivity index (χ1n) is 10.6. The van der Waals surface area contributed by atoms with E-state index >= 15 is 0 Å². The minimum atomic E-state index is -0.924. The number of nitrogens with one attached hydrogen (secondary N) is 1. The van der Waals surface area contributed by atoms with E-state index < -0.39 is 24.6 Å². The van der Waals surface area contributed by atoms with Gasteiger partial charge in [0, 0.05) is 11.9 Å². The van der Waals surface area contributed by atoms with E-state index in [1.165, 1.54) is 5.56 Å². The largest absolute Gasteiger partial charge is 0.447 e. The molecular weight excluding hydrogens is 430 g/mol. The number of benzene rings is 1. The van der Waals surface area contributed by atoms with Crippen LogP contribution < -0.4 is 10.2 Å². The molecule has 1 saturated heterocycles. The number of imidazole rings is 1. The van der Waals surface area contributed by atoms with Gasteiger partial charge in [0.25, 0.3) is 0 Å². The Hall–Kier alpha value is -3.56. The number of alkyl halides is 1. The van der Waals surface area contributed by atoms with E-state index in [-0.39, 0.29) is 29.8 Å². The molecule has 2 aromatic heterocycles. The van der Waals surface area contributed by atoms with Crippen LogP contribution in [0.4, 0.5) is 25.3 Å². The Bertz CT molecular complexity index is 1140. The number of ether oxygens (including phenoxy) is 1. The highest BCUT2D eigenvalue weighted by Gasteiger charge is 2.37. The number of hydrogen-bond donors (Lipinski definition) is 1. The highest BCUT2D eigenvalue weighted by atomic mass is 19.1.